The fourth-order valence-corrected chi connectivity index (χ4v) is 3.72. The number of phenols is 2. The van der Waals surface area contributed by atoms with E-state index in [4.69, 9.17) is 27.9 Å². The first kappa shape index (κ1) is 20.1. The number of ether oxygens (including phenoxy) is 1. The summed E-state index contributed by atoms with van der Waals surface area (Å²) in [5.41, 5.74) is 4.05. The second kappa shape index (κ2) is 8.70. The molecule has 0 saturated carbocycles. The van der Waals surface area contributed by atoms with Gasteiger partial charge in [0.1, 0.15) is 12.4 Å². The van der Waals surface area contributed by atoms with Gasteiger partial charge in [0, 0.05) is 21.2 Å². The van der Waals surface area contributed by atoms with Crippen LogP contribution >= 0.6 is 23.2 Å². The van der Waals surface area contributed by atoms with Gasteiger partial charge in [0.25, 0.3) is 0 Å². The molecule has 0 atom stereocenters. The van der Waals surface area contributed by atoms with Crippen molar-refractivity contribution >= 4 is 23.2 Å². The summed E-state index contributed by atoms with van der Waals surface area (Å²) in [5.74, 6) is 0.603. The van der Waals surface area contributed by atoms with Crippen molar-refractivity contribution in [3.05, 3.63) is 101 Å². The highest BCUT2D eigenvalue weighted by Crippen LogP contribution is 2.40. The Kier molecular flexibility index (Phi) is 5.84. The van der Waals surface area contributed by atoms with Crippen molar-refractivity contribution in [2.24, 2.45) is 0 Å². The predicted molar refractivity (Wildman–Crippen MR) is 121 cm³/mol. The molecule has 0 aliphatic carbocycles. The van der Waals surface area contributed by atoms with Crippen molar-refractivity contribution in [3.8, 4) is 39.5 Å². The van der Waals surface area contributed by atoms with E-state index in [2.05, 4.69) is 0 Å². The summed E-state index contributed by atoms with van der Waals surface area (Å²) in [4.78, 5) is 0. The van der Waals surface area contributed by atoms with Crippen LogP contribution in [0.25, 0.3) is 22.3 Å². The summed E-state index contributed by atoms with van der Waals surface area (Å²) < 4.78 is 5.72. The molecule has 0 spiro atoms. The van der Waals surface area contributed by atoms with E-state index >= 15 is 0 Å². The summed E-state index contributed by atoms with van der Waals surface area (Å²) in [7, 11) is 0. The Morgan fingerprint density at radius 3 is 1.90 bits per heavy atom. The minimum atomic E-state index is 0.0261. The zero-order valence-electron chi connectivity index (χ0n) is 15.8. The minimum Gasteiger partial charge on any atom is -0.508 e. The van der Waals surface area contributed by atoms with Gasteiger partial charge in [0.2, 0.25) is 0 Å². The molecular formula is C25H18Cl2O3. The molecule has 0 fully saturated rings. The Morgan fingerprint density at radius 1 is 0.667 bits per heavy atom. The van der Waals surface area contributed by atoms with E-state index in [1.807, 2.05) is 36.4 Å². The minimum absolute atomic E-state index is 0.0261. The van der Waals surface area contributed by atoms with Crippen molar-refractivity contribution in [3.63, 3.8) is 0 Å². The van der Waals surface area contributed by atoms with Gasteiger partial charge in [-0.25, -0.2) is 0 Å². The average Bonchev–Trinajstić information content (AvgIpc) is 2.75. The molecule has 4 aromatic carbocycles. The number of rotatable bonds is 5. The summed E-state index contributed by atoms with van der Waals surface area (Å²) in [6, 6.07) is 25.2. The third-order valence-corrected chi connectivity index (χ3v) is 5.37. The Bertz CT molecular complexity index is 1170. The Hall–Kier alpha value is -3.14. The van der Waals surface area contributed by atoms with E-state index in [9.17, 15) is 10.2 Å². The van der Waals surface area contributed by atoms with Crippen LogP contribution in [-0.2, 0) is 6.61 Å². The third kappa shape index (κ3) is 4.38. The number of phenolic OH excluding ortho intramolecular Hbond substituents is 2. The van der Waals surface area contributed by atoms with Gasteiger partial charge >= 0.3 is 0 Å². The average molecular weight is 437 g/mol. The highest BCUT2D eigenvalue weighted by atomic mass is 35.5. The maximum absolute atomic E-state index is 10.4. The zero-order valence-corrected chi connectivity index (χ0v) is 17.4. The molecule has 0 aliphatic heterocycles. The lowest BCUT2D eigenvalue weighted by Gasteiger charge is -2.13. The number of benzene rings is 4. The molecule has 4 aromatic rings. The lowest BCUT2D eigenvalue weighted by atomic mass is 9.99. The molecule has 3 nitrogen and oxygen atoms in total. The SMILES string of the molecule is Oc1ccc(-c2cc(Cl)c(-c3ccc(OCc4ccccc4)c(O)c3)cc2Cl)cc1. The quantitative estimate of drug-likeness (QED) is 0.344. The van der Waals surface area contributed by atoms with Gasteiger partial charge in [0.15, 0.2) is 11.5 Å². The maximum Gasteiger partial charge on any atom is 0.161 e. The second-order valence-electron chi connectivity index (χ2n) is 6.82. The molecule has 0 aliphatic rings. The molecule has 30 heavy (non-hydrogen) atoms. The first-order valence-corrected chi connectivity index (χ1v) is 10.1. The Morgan fingerprint density at radius 2 is 1.27 bits per heavy atom. The molecule has 0 aromatic heterocycles. The standard InChI is InChI=1S/C25H18Cl2O3/c26-22-14-21(23(27)13-20(22)17-6-9-19(28)10-7-17)18-8-11-25(24(29)12-18)30-15-16-4-2-1-3-5-16/h1-14,28-29H,15H2. The maximum atomic E-state index is 10.4. The van der Waals surface area contributed by atoms with Gasteiger partial charge in [0.05, 0.1) is 0 Å². The van der Waals surface area contributed by atoms with Crippen molar-refractivity contribution in [1.29, 1.82) is 0 Å². The number of aromatic hydroxyl groups is 2. The van der Waals surface area contributed by atoms with Gasteiger partial charge in [-0.2, -0.15) is 0 Å². The molecular weight excluding hydrogens is 419 g/mol. The summed E-state index contributed by atoms with van der Waals surface area (Å²) >= 11 is 13.0. The normalized spacial score (nSPS) is 10.7. The van der Waals surface area contributed by atoms with Crippen LogP contribution in [0.5, 0.6) is 17.2 Å². The topological polar surface area (TPSA) is 49.7 Å². The lowest BCUT2D eigenvalue weighted by Crippen LogP contribution is -1.95. The van der Waals surface area contributed by atoms with Crippen LogP contribution in [0.3, 0.4) is 0 Å². The molecule has 0 radical (unpaired) electrons. The Balaban J connectivity index is 1.60. The highest BCUT2D eigenvalue weighted by Gasteiger charge is 2.13. The van der Waals surface area contributed by atoms with Crippen molar-refractivity contribution < 1.29 is 14.9 Å². The predicted octanol–water partition coefficient (Wildman–Crippen LogP) is 7.32. The van der Waals surface area contributed by atoms with E-state index in [-0.39, 0.29) is 11.5 Å². The summed E-state index contributed by atoms with van der Waals surface area (Å²) in [6.07, 6.45) is 0. The Labute approximate surface area is 184 Å². The van der Waals surface area contributed by atoms with Gasteiger partial charge in [-0.1, -0.05) is 71.7 Å². The second-order valence-corrected chi connectivity index (χ2v) is 7.63. The van der Waals surface area contributed by atoms with Crippen LogP contribution < -0.4 is 4.74 Å². The first-order valence-electron chi connectivity index (χ1n) is 9.30. The van der Waals surface area contributed by atoms with Crippen LogP contribution in [0.1, 0.15) is 5.56 Å². The first-order chi connectivity index (χ1) is 14.5. The van der Waals surface area contributed by atoms with Crippen LogP contribution in [0, 0.1) is 0 Å². The highest BCUT2D eigenvalue weighted by molar-refractivity contribution is 6.37. The van der Waals surface area contributed by atoms with Gasteiger partial charge < -0.3 is 14.9 Å². The fraction of sp³-hybridized carbons (Fsp3) is 0.0400. The smallest absolute Gasteiger partial charge is 0.161 e. The van der Waals surface area contributed by atoms with E-state index in [1.165, 1.54) is 0 Å². The van der Waals surface area contributed by atoms with Crippen LogP contribution in [0.15, 0.2) is 84.9 Å². The van der Waals surface area contributed by atoms with Gasteiger partial charge in [-0.05, 0) is 53.1 Å². The molecule has 4 rings (SSSR count). The van der Waals surface area contributed by atoms with E-state index in [0.717, 1.165) is 22.3 Å². The van der Waals surface area contributed by atoms with Crippen LogP contribution in [0.4, 0.5) is 0 Å². The molecule has 150 valence electrons. The molecule has 0 bridgehead atoms. The number of hydrogen-bond donors (Lipinski definition) is 2. The monoisotopic (exact) mass is 436 g/mol. The van der Waals surface area contributed by atoms with Crippen LogP contribution in [-0.4, -0.2) is 10.2 Å². The van der Waals surface area contributed by atoms with Gasteiger partial charge in [-0.3, -0.25) is 0 Å². The fourth-order valence-electron chi connectivity index (χ4n) is 3.17. The van der Waals surface area contributed by atoms with E-state index < -0.39 is 0 Å². The van der Waals surface area contributed by atoms with Crippen LogP contribution in [0.2, 0.25) is 10.0 Å². The third-order valence-electron chi connectivity index (χ3n) is 4.74. The lowest BCUT2D eigenvalue weighted by molar-refractivity contribution is 0.289. The molecule has 0 unspecified atom stereocenters. The van der Waals surface area contributed by atoms with E-state index in [1.54, 1.807) is 48.5 Å². The van der Waals surface area contributed by atoms with Gasteiger partial charge in [-0.15, -0.1) is 0 Å². The van der Waals surface area contributed by atoms with E-state index in [0.29, 0.717) is 28.0 Å². The zero-order chi connectivity index (χ0) is 21.1. The molecule has 0 saturated heterocycles. The largest absolute Gasteiger partial charge is 0.508 e. The molecule has 0 heterocycles. The summed E-state index contributed by atoms with van der Waals surface area (Å²) in [5, 5.41) is 20.9. The number of halogens is 2. The molecule has 0 amide bonds. The molecule has 2 N–H and O–H groups in total. The van der Waals surface area contributed by atoms with Crippen molar-refractivity contribution in [2.75, 3.05) is 0 Å². The number of hydrogen-bond acceptors (Lipinski definition) is 3. The summed E-state index contributed by atoms with van der Waals surface area (Å²) in [6.45, 7) is 0.363. The van der Waals surface area contributed by atoms with Crippen molar-refractivity contribution in [2.45, 2.75) is 6.61 Å². The molecule has 5 heteroatoms. The van der Waals surface area contributed by atoms with Crippen molar-refractivity contribution in [1.82, 2.24) is 0 Å².